The molecule has 1 atom stereocenters. The summed E-state index contributed by atoms with van der Waals surface area (Å²) in [5.41, 5.74) is 7.74. The molecule has 0 bridgehead atoms. The number of benzene rings is 1. The lowest BCUT2D eigenvalue weighted by Crippen LogP contribution is -2.14. The van der Waals surface area contributed by atoms with Gasteiger partial charge < -0.3 is 5.73 Å². The van der Waals surface area contributed by atoms with E-state index in [-0.39, 0.29) is 0 Å². The summed E-state index contributed by atoms with van der Waals surface area (Å²) in [4.78, 5) is 0. The lowest BCUT2D eigenvalue weighted by molar-refractivity contribution is 0.666. The lowest BCUT2D eigenvalue weighted by Gasteiger charge is -2.08. The highest BCUT2D eigenvalue weighted by molar-refractivity contribution is 7.85. The fraction of sp³-hybridized carbons (Fsp3) is 0.571. The van der Waals surface area contributed by atoms with Gasteiger partial charge in [0.15, 0.2) is 0 Å². The minimum absolute atomic E-state index is 0.487. The molecule has 0 radical (unpaired) electrons. The zero-order valence-electron chi connectivity index (χ0n) is 10.2. The molecule has 2 nitrogen and oxygen atoms in total. The highest BCUT2D eigenvalue weighted by atomic mass is 32.2. The molecule has 1 saturated carbocycles. The molecule has 1 aromatic carbocycles. The Labute approximate surface area is 106 Å². The first-order valence-corrected chi connectivity index (χ1v) is 7.85. The molecule has 1 aromatic rings. The summed E-state index contributed by atoms with van der Waals surface area (Å²) in [6.07, 6.45) is 6.93. The van der Waals surface area contributed by atoms with Gasteiger partial charge in [0.25, 0.3) is 0 Å². The van der Waals surface area contributed by atoms with Crippen molar-refractivity contribution in [3.05, 3.63) is 29.8 Å². The fourth-order valence-corrected chi connectivity index (χ4v) is 4.04. The van der Waals surface area contributed by atoms with Gasteiger partial charge in [0, 0.05) is 27.5 Å². The zero-order chi connectivity index (χ0) is 12.1. The molecule has 1 aliphatic carbocycles. The third-order valence-electron chi connectivity index (χ3n) is 3.46. The largest absolute Gasteiger partial charge is 0.399 e. The summed E-state index contributed by atoms with van der Waals surface area (Å²) in [5.74, 6) is 0.856. The van der Waals surface area contributed by atoms with Crippen LogP contribution in [-0.2, 0) is 17.2 Å². The van der Waals surface area contributed by atoms with Crippen LogP contribution in [0.1, 0.15) is 37.7 Å². The SMILES string of the molecule is Nc1ccc(CCCS(=O)C2CCCC2)cc1. The molecular formula is C14H21NOS. The van der Waals surface area contributed by atoms with E-state index in [9.17, 15) is 4.21 Å². The van der Waals surface area contributed by atoms with Crippen molar-refractivity contribution in [1.29, 1.82) is 0 Å². The molecule has 17 heavy (non-hydrogen) atoms. The zero-order valence-corrected chi connectivity index (χ0v) is 11.0. The van der Waals surface area contributed by atoms with Crippen LogP contribution < -0.4 is 5.73 Å². The Hall–Kier alpha value is -0.830. The van der Waals surface area contributed by atoms with Gasteiger partial charge in [0.05, 0.1) is 0 Å². The van der Waals surface area contributed by atoms with E-state index >= 15 is 0 Å². The second-order valence-corrected chi connectivity index (χ2v) is 6.67. The van der Waals surface area contributed by atoms with Crippen molar-refractivity contribution in [3.8, 4) is 0 Å². The van der Waals surface area contributed by atoms with Crippen LogP contribution in [0.5, 0.6) is 0 Å². The van der Waals surface area contributed by atoms with Crippen molar-refractivity contribution >= 4 is 16.5 Å². The van der Waals surface area contributed by atoms with Crippen molar-refractivity contribution in [3.63, 3.8) is 0 Å². The second kappa shape index (κ2) is 6.20. The smallest absolute Gasteiger partial charge is 0.0348 e. The van der Waals surface area contributed by atoms with Crippen molar-refractivity contribution < 1.29 is 4.21 Å². The van der Waals surface area contributed by atoms with Gasteiger partial charge in [0.2, 0.25) is 0 Å². The highest BCUT2D eigenvalue weighted by Crippen LogP contribution is 2.23. The Morgan fingerprint density at radius 2 is 1.82 bits per heavy atom. The van der Waals surface area contributed by atoms with Crippen LogP contribution in [0.4, 0.5) is 5.69 Å². The van der Waals surface area contributed by atoms with Gasteiger partial charge in [-0.15, -0.1) is 0 Å². The number of anilines is 1. The third kappa shape index (κ3) is 3.84. The molecule has 1 unspecified atom stereocenters. The van der Waals surface area contributed by atoms with E-state index in [0.29, 0.717) is 5.25 Å². The van der Waals surface area contributed by atoms with Crippen LogP contribution in [0, 0.1) is 0 Å². The van der Waals surface area contributed by atoms with Crippen LogP contribution >= 0.6 is 0 Å². The minimum Gasteiger partial charge on any atom is -0.399 e. The Morgan fingerprint density at radius 1 is 1.18 bits per heavy atom. The summed E-state index contributed by atoms with van der Waals surface area (Å²) in [6, 6.07) is 7.99. The predicted octanol–water partition coefficient (Wildman–Crippen LogP) is 2.89. The Balaban J connectivity index is 1.72. The molecular weight excluding hydrogens is 230 g/mol. The summed E-state index contributed by atoms with van der Waals surface area (Å²) in [5, 5.41) is 0.487. The van der Waals surface area contributed by atoms with Crippen LogP contribution in [0.15, 0.2) is 24.3 Å². The first-order chi connectivity index (χ1) is 8.25. The molecule has 0 heterocycles. The van der Waals surface area contributed by atoms with E-state index in [1.807, 2.05) is 12.1 Å². The van der Waals surface area contributed by atoms with Crippen LogP contribution in [0.25, 0.3) is 0 Å². The summed E-state index contributed by atoms with van der Waals surface area (Å²) < 4.78 is 12.0. The molecule has 1 aliphatic rings. The Bertz CT molecular complexity index is 368. The molecule has 2 rings (SSSR count). The number of rotatable bonds is 5. The van der Waals surface area contributed by atoms with Gasteiger partial charge in [-0.1, -0.05) is 25.0 Å². The van der Waals surface area contributed by atoms with E-state index in [1.165, 1.54) is 31.2 Å². The molecule has 0 saturated heterocycles. The fourth-order valence-electron chi connectivity index (χ4n) is 2.42. The Morgan fingerprint density at radius 3 is 2.47 bits per heavy atom. The summed E-state index contributed by atoms with van der Waals surface area (Å²) in [6.45, 7) is 0. The number of nitrogen functional groups attached to an aromatic ring is 1. The molecule has 0 amide bonds. The standard InChI is InChI=1S/C14H21NOS/c15-13-9-7-12(8-10-13)4-3-11-17(16)14-5-1-2-6-14/h7-10,14H,1-6,11,15H2. The maximum Gasteiger partial charge on any atom is 0.0348 e. The van der Waals surface area contributed by atoms with Gasteiger partial charge in [0.1, 0.15) is 0 Å². The molecule has 94 valence electrons. The molecule has 3 heteroatoms. The van der Waals surface area contributed by atoms with Gasteiger partial charge >= 0.3 is 0 Å². The number of aryl methyl sites for hydroxylation is 1. The third-order valence-corrected chi connectivity index (χ3v) is 5.37. The average Bonchev–Trinajstić information content (AvgIpc) is 2.85. The first-order valence-electron chi connectivity index (χ1n) is 6.47. The van der Waals surface area contributed by atoms with E-state index < -0.39 is 10.8 Å². The maximum atomic E-state index is 12.0. The van der Waals surface area contributed by atoms with Gasteiger partial charge in [-0.2, -0.15) is 0 Å². The molecule has 0 spiro atoms. The molecule has 0 aliphatic heterocycles. The lowest BCUT2D eigenvalue weighted by atomic mass is 10.1. The van der Waals surface area contributed by atoms with Crippen molar-refractivity contribution in [1.82, 2.24) is 0 Å². The molecule has 1 fully saturated rings. The van der Waals surface area contributed by atoms with Crippen LogP contribution in [0.3, 0.4) is 0 Å². The van der Waals surface area contributed by atoms with Crippen LogP contribution in [-0.4, -0.2) is 15.2 Å². The van der Waals surface area contributed by atoms with E-state index in [2.05, 4.69) is 12.1 Å². The second-order valence-electron chi connectivity index (χ2n) is 4.84. The number of hydrogen-bond donors (Lipinski definition) is 1. The van der Waals surface area contributed by atoms with Crippen LogP contribution in [0.2, 0.25) is 0 Å². The van der Waals surface area contributed by atoms with Crippen molar-refractivity contribution in [2.24, 2.45) is 0 Å². The van der Waals surface area contributed by atoms with Crippen molar-refractivity contribution in [2.75, 3.05) is 11.5 Å². The van der Waals surface area contributed by atoms with E-state index in [0.717, 1.165) is 24.3 Å². The predicted molar refractivity (Wildman–Crippen MR) is 74.4 cm³/mol. The average molecular weight is 251 g/mol. The first kappa shape index (κ1) is 12.6. The molecule has 0 aromatic heterocycles. The van der Waals surface area contributed by atoms with Gasteiger partial charge in [-0.05, 0) is 43.4 Å². The van der Waals surface area contributed by atoms with Gasteiger partial charge in [-0.3, -0.25) is 4.21 Å². The summed E-state index contributed by atoms with van der Waals surface area (Å²) in [7, 11) is -0.598. The number of hydrogen-bond acceptors (Lipinski definition) is 2. The minimum atomic E-state index is -0.598. The Kier molecular flexibility index (Phi) is 4.60. The topological polar surface area (TPSA) is 43.1 Å². The van der Waals surface area contributed by atoms with E-state index in [4.69, 9.17) is 5.73 Å². The summed E-state index contributed by atoms with van der Waals surface area (Å²) >= 11 is 0. The van der Waals surface area contributed by atoms with Crippen molar-refractivity contribution in [2.45, 2.75) is 43.8 Å². The normalized spacial score (nSPS) is 18.4. The number of nitrogens with two attached hydrogens (primary N) is 1. The van der Waals surface area contributed by atoms with Gasteiger partial charge in [-0.25, -0.2) is 0 Å². The quantitative estimate of drug-likeness (QED) is 0.818. The highest BCUT2D eigenvalue weighted by Gasteiger charge is 2.20. The monoisotopic (exact) mass is 251 g/mol. The molecule has 2 N–H and O–H groups in total. The maximum absolute atomic E-state index is 12.0. The van der Waals surface area contributed by atoms with E-state index in [1.54, 1.807) is 0 Å².